The van der Waals surface area contributed by atoms with Crippen molar-refractivity contribution in [3.8, 4) is 0 Å². The minimum absolute atomic E-state index is 0.0208. The highest BCUT2D eigenvalue weighted by Crippen LogP contribution is 2.14. The number of carbonyl (C=O) groups is 1. The van der Waals surface area contributed by atoms with Crippen LogP contribution in [-0.4, -0.2) is 65.6 Å². The molecule has 1 aliphatic heterocycles. The van der Waals surface area contributed by atoms with Gasteiger partial charge < -0.3 is 10.2 Å². The van der Waals surface area contributed by atoms with Gasteiger partial charge in [0, 0.05) is 0 Å². The maximum Gasteiger partial charge on any atom is 0.514 e. The number of nitrogens with zero attached hydrogens (tertiary/aromatic N) is 2. The molecule has 1 amide bonds. The number of amides is 1. The van der Waals surface area contributed by atoms with Crippen molar-refractivity contribution in [3.05, 3.63) is 0 Å². The lowest BCUT2D eigenvalue weighted by atomic mass is 10.4. The predicted molar refractivity (Wildman–Crippen MR) is 42.6 cm³/mol. The molecule has 12 heavy (non-hydrogen) atoms. The molecule has 0 aliphatic carbocycles. The van der Waals surface area contributed by atoms with Crippen molar-refractivity contribution in [2.45, 2.75) is 0 Å². The zero-order valence-corrected chi connectivity index (χ0v) is 7.23. The first kappa shape index (κ1) is 9.44. The molecule has 0 aromatic heterocycles. The van der Waals surface area contributed by atoms with Crippen LogP contribution in [0.2, 0.25) is 0 Å². The largest absolute Gasteiger partial charge is 0.514 e. The quantitative estimate of drug-likeness (QED) is 0.549. The Labute approximate surface area is 71.4 Å². The van der Waals surface area contributed by atoms with Crippen LogP contribution in [0.3, 0.4) is 0 Å². The SMILES string of the molecule is CN1CC[N+](CCO)(C(=O)O)C1. The molecular formula is C7H15N2O3+. The summed E-state index contributed by atoms with van der Waals surface area (Å²) in [6.45, 7) is 2.11. The number of hydrogen-bond donors (Lipinski definition) is 2. The van der Waals surface area contributed by atoms with Crippen LogP contribution in [0.25, 0.3) is 0 Å². The monoisotopic (exact) mass is 175 g/mol. The number of aliphatic hydroxyl groups is 1. The first-order valence-electron chi connectivity index (χ1n) is 4.00. The van der Waals surface area contributed by atoms with Crippen LogP contribution in [0.1, 0.15) is 0 Å². The van der Waals surface area contributed by atoms with E-state index in [-0.39, 0.29) is 11.1 Å². The van der Waals surface area contributed by atoms with Gasteiger partial charge in [-0.05, 0) is 7.05 Å². The molecule has 1 unspecified atom stereocenters. The molecule has 1 atom stereocenters. The summed E-state index contributed by atoms with van der Waals surface area (Å²) in [5.74, 6) is 0. The van der Waals surface area contributed by atoms with E-state index in [0.29, 0.717) is 19.8 Å². The summed E-state index contributed by atoms with van der Waals surface area (Å²) in [5, 5.41) is 17.7. The summed E-state index contributed by atoms with van der Waals surface area (Å²) in [4.78, 5) is 12.9. The van der Waals surface area contributed by atoms with Gasteiger partial charge in [-0.15, -0.1) is 0 Å². The van der Waals surface area contributed by atoms with Gasteiger partial charge in [0.2, 0.25) is 0 Å². The second-order valence-corrected chi connectivity index (χ2v) is 3.32. The third-order valence-corrected chi connectivity index (χ3v) is 2.36. The van der Waals surface area contributed by atoms with Crippen molar-refractivity contribution < 1.29 is 19.5 Å². The Morgan fingerprint density at radius 1 is 1.67 bits per heavy atom. The van der Waals surface area contributed by atoms with E-state index >= 15 is 0 Å². The van der Waals surface area contributed by atoms with Gasteiger partial charge in [-0.25, -0.2) is 4.48 Å². The standard InChI is InChI=1S/C7H14N2O3/c1-8-2-3-9(6-8,4-5-10)7(11)12/h10H,2-6H2,1H3/p+1. The third kappa shape index (κ3) is 1.57. The Balaban J connectivity index is 2.67. The maximum absolute atomic E-state index is 10.9. The molecule has 1 heterocycles. The molecule has 0 aromatic rings. The lowest BCUT2D eigenvalue weighted by molar-refractivity contribution is -0.849. The average Bonchev–Trinajstić information content (AvgIpc) is 2.34. The molecule has 1 aliphatic rings. The summed E-state index contributed by atoms with van der Waals surface area (Å²) in [6.07, 6.45) is -0.839. The van der Waals surface area contributed by atoms with Crippen LogP contribution in [-0.2, 0) is 0 Å². The van der Waals surface area contributed by atoms with E-state index in [2.05, 4.69) is 0 Å². The first-order chi connectivity index (χ1) is 5.60. The number of quaternary nitrogens is 1. The number of aliphatic hydroxyl groups excluding tert-OH is 1. The van der Waals surface area contributed by atoms with E-state index in [9.17, 15) is 4.79 Å². The Morgan fingerprint density at radius 3 is 2.67 bits per heavy atom. The average molecular weight is 175 g/mol. The second kappa shape index (κ2) is 3.38. The number of hydrogen-bond acceptors (Lipinski definition) is 3. The van der Waals surface area contributed by atoms with Gasteiger partial charge in [-0.3, -0.25) is 4.90 Å². The van der Waals surface area contributed by atoms with E-state index in [1.807, 2.05) is 11.9 Å². The van der Waals surface area contributed by atoms with Crippen molar-refractivity contribution in [3.63, 3.8) is 0 Å². The Kier molecular flexibility index (Phi) is 2.66. The second-order valence-electron chi connectivity index (χ2n) is 3.32. The fourth-order valence-corrected chi connectivity index (χ4v) is 1.59. The molecule has 5 heteroatoms. The minimum atomic E-state index is -0.839. The summed E-state index contributed by atoms with van der Waals surface area (Å²) >= 11 is 0. The number of likely N-dealkylation sites (N-methyl/N-ethyl adjacent to an activating group) is 1. The predicted octanol–water partition coefficient (Wildman–Crippen LogP) is -0.624. The zero-order chi connectivity index (χ0) is 9.19. The molecular weight excluding hydrogens is 160 g/mol. The Morgan fingerprint density at radius 2 is 2.33 bits per heavy atom. The van der Waals surface area contributed by atoms with Gasteiger partial charge in [-0.1, -0.05) is 0 Å². The van der Waals surface area contributed by atoms with Crippen LogP contribution >= 0.6 is 0 Å². The highest BCUT2D eigenvalue weighted by Gasteiger charge is 2.42. The van der Waals surface area contributed by atoms with Gasteiger partial charge >= 0.3 is 6.09 Å². The maximum atomic E-state index is 10.9. The molecule has 0 bridgehead atoms. The van der Waals surface area contributed by atoms with Crippen LogP contribution in [0.4, 0.5) is 4.79 Å². The number of rotatable bonds is 2. The highest BCUT2D eigenvalue weighted by molar-refractivity contribution is 5.56. The first-order valence-corrected chi connectivity index (χ1v) is 4.00. The lowest BCUT2D eigenvalue weighted by Gasteiger charge is -2.26. The number of carboxylic acid groups (broad SMARTS) is 1. The van der Waals surface area contributed by atoms with E-state index in [4.69, 9.17) is 10.2 Å². The molecule has 0 radical (unpaired) electrons. The Hall–Kier alpha value is -0.650. The van der Waals surface area contributed by atoms with Crippen molar-refractivity contribution in [1.82, 2.24) is 4.90 Å². The summed E-state index contributed by atoms with van der Waals surface area (Å²) in [6, 6.07) is 0. The fourth-order valence-electron chi connectivity index (χ4n) is 1.59. The summed E-state index contributed by atoms with van der Waals surface area (Å²) in [7, 11) is 1.89. The van der Waals surface area contributed by atoms with Crippen LogP contribution in [0, 0.1) is 0 Å². The molecule has 0 spiro atoms. The van der Waals surface area contributed by atoms with Crippen LogP contribution in [0.5, 0.6) is 0 Å². The van der Waals surface area contributed by atoms with Gasteiger partial charge in [-0.2, -0.15) is 4.79 Å². The molecule has 0 aromatic carbocycles. The smallest absolute Gasteiger partial charge is 0.435 e. The molecule has 1 fully saturated rings. The zero-order valence-electron chi connectivity index (χ0n) is 7.23. The van der Waals surface area contributed by atoms with Gasteiger partial charge in [0.25, 0.3) is 0 Å². The van der Waals surface area contributed by atoms with E-state index < -0.39 is 6.09 Å². The van der Waals surface area contributed by atoms with E-state index in [0.717, 1.165) is 6.54 Å². The summed E-state index contributed by atoms with van der Waals surface area (Å²) in [5.41, 5.74) is 0. The van der Waals surface area contributed by atoms with E-state index in [1.54, 1.807) is 0 Å². The molecule has 70 valence electrons. The molecule has 1 rings (SSSR count). The summed E-state index contributed by atoms with van der Waals surface area (Å²) < 4.78 is -0.0208. The van der Waals surface area contributed by atoms with Crippen molar-refractivity contribution in [2.75, 3.05) is 40.0 Å². The van der Waals surface area contributed by atoms with E-state index in [1.165, 1.54) is 0 Å². The lowest BCUT2D eigenvalue weighted by Crippen LogP contribution is -2.52. The van der Waals surface area contributed by atoms with Gasteiger partial charge in [0.1, 0.15) is 19.8 Å². The third-order valence-electron chi connectivity index (χ3n) is 2.36. The van der Waals surface area contributed by atoms with Crippen molar-refractivity contribution >= 4 is 6.09 Å². The fraction of sp³-hybridized carbons (Fsp3) is 0.857. The van der Waals surface area contributed by atoms with Crippen LogP contribution in [0.15, 0.2) is 0 Å². The molecule has 5 nitrogen and oxygen atoms in total. The van der Waals surface area contributed by atoms with Crippen molar-refractivity contribution in [1.29, 1.82) is 0 Å². The molecule has 0 saturated carbocycles. The Bertz CT molecular complexity index is 181. The highest BCUT2D eigenvalue weighted by atomic mass is 16.4. The molecule has 1 saturated heterocycles. The van der Waals surface area contributed by atoms with Gasteiger partial charge in [0.05, 0.1) is 13.2 Å². The van der Waals surface area contributed by atoms with Crippen LogP contribution < -0.4 is 0 Å². The normalized spacial score (nSPS) is 30.8. The van der Waals surface area contributed by atoms with Gasteiger partial charge in [0.15, 0.2) is 0 Å². The topological polar surface area (TPSA) is 60.8 Å². The van der Waals surface area contributed by atoms with Crippen molar-refractivity contribution in [2.24, 2.45) is 0 Å². The minimum Gasteiger partial charge on any atom is -0.435 e. The molecule has 2 N–H and O–H groups in total.